The summed E-state index contributed by atoms with van der Waals surface area (Å²) in [5.41, 5.74) is 5.07. The number of nitrogen functional groups attached to an aromatic ring is 1. The standard InChI is InChI=1S/C24H19F3N8O4S/c1-10-8-15(32-35(10)11-4-5-29-14(9-11)24(25,26)27)34-6-7-39-18(23(34)38)17(36)21-30-13-3-2-12-19(40-33-20(12)28)16(13)22(37)31-21/h2-5,8-9,17-18,36H,6-7H2,1H3,(H2,28,33)(H,30,31,37)/t17-,18?/m1/s1. The summed E-state index contributed by atoms with van der Waals surface area (Å²) in [4.78, 5) is 37.8. The Morgan fingerprint density at radius 2 is 2.05 bits per heavy atom. The maximum absolute atomic E-state index is 13.4. The number of pyridine rings is 1. The van der Waals surface area contributed by atoms with E-state index < -0.39 is 35.5 Å². The van der Waals surface area contributed by atoms with Crippen LogP contribution >= 0.6 is 11.5 Å². The average Bonchev–Trinajstić information content (AvgIpc) is 3.50. The van der Waals surface area contributed by atoms with Gasteiger partial charge in [-0.05, 0) is 42.7 Å². The molecule has 0 spiro atoms. The van der Waals surface area contributed by atoms with Crippen molar-refractivity contribution in [1.29, 1.82) is 0 Å². The van der Waals surface area contributed by atoms with Gasteiger partial charge >= 0.3 is 6.18 Å². The highest BCUT2D eigenvalue weighted by molar-refractivity contribution is 7.14. The Bertz CT molecular complexity index is 1850. The molecule has 6 rings (SSSR count). The van der Waals surface area contributed by atoms with Gasteiger partial charge in [-0.3, -0.25) is 19.5 Å². The highest BCUT2D eigenvalue weighted by atomic mass is 32.1. The van der Waals surface area contributed by atoms with Crippen molar-refractivity contribution in [3.05, 3.63) is 64.1 Å². The summed E-state index contributed by atoms with van der Waals surface area (Å²) in [6, 6.07) is 6.99. The zero-order chi connectivity index (χ0) is 28.3. The first-order chi connectivity index (χ1) is 19.0. The molecule has 206 valence electrons. The number of aliphatic hydroxyl groups is 1. The second-order valence-corrected chi connectivity index (χ2v) is 9.81. The molecular weight excluding hydrogens is 553 g/mol. The molecule has 4 aromatic heterocycles. The highest BCUT2D eigenvalue weighted by Gasteiger charge is 2.39. The number of ether oxygens (including phenoxy) is 1. The fourth-order valence-corrected chi connectivity index (χ4v) is 5.41. The number of benzene rings is 1. The predicted molar refractivity (Wildman–Crippen MR) is 138 cm³/mol. The Morgan fingerprint density at radius 3 is 2.83 bits per heavy atom. The number of alkyl halides is 3. The van der Waals surface area contributed by atoms with Gasteiger partial charge in [0.2, 0.25) is 0 Å². The topological polar surface area (TPSA) is 165 Å². The van der Waals surface area contributed by atoms with E-state index in [1.807, 2.05) is 0 Å². The van der Waals surface area contributed by atoms with Gasteiger partial charge in [0.1, 0.15) is 23.4 Å². The first-order valence-electron chi connectivity index (χ1n) is 11.8. The Morgan fingerprint density at radius 1 is 1.25 bits per heavy atom. The van der Waals surface area contributed by atoms with Crippen LogP contribution in [0.3, 0.4) is 0 Å². The fraction of sp³-hybridized carbons (Fsp3) is 0.250. The Kier molecular flexibility index (Phi) is 6.04. The van der Waals surface area contributed by atoms with Crippen LogP contribution in [0.5, 0.6) is 0 Å². The van der Waals surface area contributed by atoms with Crippen molar-refractivity contribution in [1.82, 2.24) is 29.1 Å². The molecule has 1 fully saturated rings. The number of aromatic amines is 1. The Labute approximate surface area is 226 Å². The minimum Gasteiger partial charge on any atom is -0.382 e. The number of rotatable bonds is 4. The summed E-state index contributed by atoms with van der Waals surface area (Å²) in [5, 5.41) is 16.2. The van der Waals surface area contributed by atoms with Gasteiger partial charge in [0, 0.05) is 23.3 Å². The van der Waals surface area contributed by atoms with Gasteiger partial charge in [-0.2, -0.15) is 17.5 Å². The summed E-state index contributed by atoms with van der Waals surface area (Å²) >= 11 is 1.05. The zero-order valence-corrected chi connectivity index (χ0v) is 21.3. The molecule has 2 atom stereocenters. The largest absolute Gasteiger partial charge is 0.433 e. The monoisotopic (exact) mass is 572 g/mol. The SMILES string of the molecule is Cc1cc(N2CCOC([C@@H](O)c3nc4ccc5c(N)nsc5c4c(=O)[nH]3)C2=O)nn1-c1ccnc(C(F)(F)F)c1. The fourth-order valence-electron chi connectivity index (χ4n) is 4.56. The number of nitrogens with two attached hydrogens (primary N) is 1. The number of hydrogen-bond donors (Lipinski definition) is 3. The maximum Gasteiger partial charge on any atom is 0.433 e. The number of aromatic nitrogens is 6. The molecule has 12 nitrogen and oxygen atoms in total. The minimum absolute atomic E-state index is 0.0193. The lowest BCUT2D eigenvalue weighted by atomic mass is 10.1. The van der Waals surface area contributed by atoms with Crippen molar-refractivity contribution in [2.75, 3.05) is 23.8 Å². The number of halogens is 3. The van der Waals surface area contributed by atoms with Gasteiger partial charge in [0.25, 0.3) is 11.5 Å². The molecule has 1 aliphatic heterocycles. The summed E-state index contributed by atoms with van der Waals surface area (Å²) < 4.78 is 50.9. The molecule has 1 saturated heterocycles. The smallest absolute Gasteiger partial charge is 0.382 e. The van der Waals surface area contributed by atoms with Crippen LogP contribution < -0.4 is 16.2 Å². The molecule has 16 heteroatoms. The number of amides is 1. The van der Waals surface area contributed by atoms with Crippen LogP contribution in [0.2, 0.25) is 0 Å². The van der Waals surface area contributed by atoms with Gasteiger partial charge in [0.15, 0.2) is 11.9 Å². The minimum atomic E-state index is -4.64. The van der Waals surface area contributed by atoms with E-state index in [0.29, 0.717) is 15.8 Å². The van der Waals surface area contributed by atoms with E-state index in [1.54, 1.807) is 19.1 Å². The van der Waals surface area contributed by atoms with Gasteiger partial charge in [-0.15, -0.1) is 5.10 Å². The third-order valence-electron chi connectivity index (χ3n) is 6.47. The number of aryl methyl sites for hydroxylation is 1. The van der Waals surface area contributed by atoms with Crippen LogP contribution in [0.1, 0.15) is 23.3 Å². The second kappa shape index (κ2) is 9.35. The molecule has 0 aliphatic carbocycles. The van der Waals surface area contributed by atoms with E-state index in [0.717, 1.165) is 23.8 Å². The van der Waals surface area contributed by atoms with E-state index >= 15 is 0 Å². The van der Waals surface area contributed by atoms with E-state index in [4.69, 9.17) is 10.5 Å². The lowest BCUT2D eigenvalue weighted by Crippen LogP contribution is -2.50. The van der Waals surface area contributed by atoms with Crippen LogP contribution in [-0.2, 0) is 15.7 Å². The van der Waals surface area contributed by atoms with Gasteiger partial charge < -0.3 is 20.6 Å². The van der Waals surface area contributed by atoms with Gasteiger partial charge in [-0.25, -0.2) is 9.67 Å². The lowest BCUT2D eigenvalue weighted by molar-refractivity contribution is -0.143. The Balaban J connectivity index is 1.30. The van der Waals surface area contributed by atoms with Crippen molar-refractivity contribution < 1.29 is 27.8 Å². The highest BCUT2D eigenvalue weighted by Crippen LogP contribution is 2.32. The van der Waals surface area contributed by atoms with Crippen molar-refractivity contribution in [2.45, 2.75) is 25.3 Å². The number of morpholine rings is 1. The lowest BCUT2D eigenvalue weighted by Gasteiger charge is -2.32. The molecule has 1 unspecified atom stereocenters. The maximum atomic E-state index is 13.4. The van der Waals surface area contributed by atoms with Gasteiger partial charge in [-0.1, -0.05) is 0 Å². The van der Waals surface area contributed by atoms with Crippen LogP contribution in [0.25, 0.3) is 26.7 Å². The number of carbonyl (C=O) groups is 1. The molecule has 40 heavy (non-hydrogen) atoms. The van der Waals surface area contributed by atoms with E-state index in [9.17, 15) is 27.9 Å². The van der Waals surface area contributed by atoms with Crippen LogP contribution in [0.4, 0.5) is 24.8 Å². The average molecular weight is 573 g/mol. The number of carbonyl (C=O) groups excluding carboxylic acids is 1. The number of aliphatic hydroxyl groups excluding tert-OH is 1. The molecule has 0 radical (unpaired) electrons. The van der Waals surface area contributed by atoms with Crippen molar-refractivity contribution in [2.24, 2.45) is 0 Å². The first-order valence-corrected chi connectivity index (χ1v) is 12.6. The second-order valence-electron chi connectivity index (χ2n) is 9.03. The molecule has 1 aromatic carbocycles. The summed E-state index contributed by atoms with van der Waals surface area (Å²) in [7, 11) is 0. The number of fused-ring (bicyclic) bond motifs is 3. The number of H-pyrrole nitrogens is 1. The van der Waals surface area contributed by atoms with Gasteiger partial charge in [0.05, 0.1) is 34.4 Å². The Hall–Kier alpha value is -4.41. The summed E-state index contributed by atoms with van der Waals surface area (Å²) in [6.45, 7) is 1.72. The number of hydrogen-bond acceptors (Lipinski definition) is 10. The quantitative estimate of drug-likeness (QED) is 0.293. The third kappa shape index (κ3) is 4.25. The molecule has 5 aromatic rings. The van der Waals surface area contributed by atoms with Crippen LogP contribution in [0, 0.1) is 6.92 Å². The van der Waals surface area contributed by atoms with E-state index in [-0.39, 0.29) is 47.2 Å². The predicted octanol–water partition coefficient (Wildman–Crippen LogP) is 2.49. The molecule has 1 amide bonds. The number of nitrogens with zero attached hydrogens (tertiary/aromatic N) is 6. The zero-order valence-electron chi connectivity index (χ0n) is 20.5. The number of anilines is 2. The third-order valence-corrected chi connectivity index (χ3v) is 7.37. The molecular formula is C24H19F3N8O4S. The van der Waals surface area contributed by atoms with E-state index in [2.05, 4.69) is 24.4 Å². The first kappa shape index (κ1) is 25.8. The van der Waals surface area contributed by atoms with Crippen LogP contribution in [0.15, 0.2) is 41.3 Å². The summed E-state index contributed by atoms with van der Waals surface area (Å²) in [5.74, 6) is -0.400. The van der Waals surface area contributed by atoms with Crippen molar-refractivity contribution >= 4 is 50.1 Å². The van der Waals surface area contributed by atoms with Crippen LogP contribution in [-0.4, -0.2) is 59.4 Å². The van der Waals surface area contributed by atoms with E-state index in [1.165, 1.54) is 21.7 Å². The molecule has 0 saturated carbocycles. The molecule has 4 N–H and O–H groups in total. The van der Waals surface area contributed by atoms with Crippen molar-refractivity contribution in [3.8, 4) is 5.69 Å². The summed E-state index contributed by atoms with van der Waals surface area (Å²) in [6.07, 6.45) is -6.67. The molecule has 1 aliphatic rings. The molecule has 5 heterocycles. The van der Waals surface area contributed by atoms with Crippen molar-refractivity contribution in [3.63, 3.8) is 0 Å². The normalized spacial score (nSPS) is 17.2. The molecule has 0 bridgehead atoms. The number of nitrogens with one attached hydrogen (secondary N) is 1.